The number of hydrogen-bond acceptors (Lipinski definition) is 5. The number of halogens is 1. The summed E-state index contributed by atoms with van der Waals surface area (Å²) >= 11 is 1.40. The number of carbonyl (C=O) groups excluding carboxylic acids is 1. The van der Waals surface area contributed by atoms with E-state index in [1.54, 1.807) is 6.07 Å². The van der Waals surface area contributed by atoms with Crippen LogP contribution < -0.4 is 5.73 Å². The van der Waals surface area contributed by atoms with Crippen LogP contribution in [0.5, 0.6) is 0 Å². The summed E-state index contributed by atoms with van der Waals surface area (Å²) in [6.45, 7) is 1.46. The molecule has 2 heterocycles. The molecule has 0 spiro atoms. The molecule has 4 nitrogen and oxygen atoms in total. The Bertz CT molecular complexity index is 478. The fraction of sp³-hybridized carbons (Fsp3) is 0.111. The second-order valence-electron chi connectivity index (χ2n) is 2.84. The van der Waals surface area contributed by atoms with Crippen LogP contribution in [0.15, 0.2) is 22.9 Å². The highest BCUT2D eigenvalue weighted by Crippen LogP contribution is 2.31. The van der Waals surface area contributed by atoms with Gasteiger partial charge in [0.25, 0.3) is 0 Å². The third-order valence-corrected chi connectivity index (χ3v) is 2.74. The van der Waals surface area contributed by atoms with Crippen LogP contribution in [0.1, 0.15) is 17.4 Å². The van der Waals surface area contributed by atoms with Gasteiger partial charge in [-0.3, -0.25) is 4.79 Å². The monoisotopic (exact) mass is 244 g/mol. The summed E-state index contributed by atoms with van der Waals surface area (Å²) in [5, 5.41) is 4.35. The van der Waals surface area contributed by atoms with Crippen molar-refractivity contribution in [1.82, 2.24) is 5.16 Å². The van der Waals surface area contributed by atoms with E-state index in [1.807, 2.05) is 6.07 Å². The van der Waals surface area contributed by atoms with Gasteiger partial charge < -0.3 is 10.3 Å². The molecule has 2 rings (SSSR count). The second-order valence-corrected chi connectivity index (χ2v) is 3.95. The predicted molar refractivity (Wildman–Crippen MR) is 61.5 cm³/mol. The first kappa shape index (κ1) is 11.7. The maximum absolute atomic E-state index is 11.2. The van der Waals surface area contributed by atoms with E-state index >= 15 is 0 Å². The molecule has 0 amide bonds. The molecule has 0 saturated carbocycles. The maximum atomic E-state index is 11.2. The van der Waals surface area contributed by atoms with Crippen molar-refractivity contribution < 1.29 is 9.32 Å². The van der Waals surface area contributed by atoms with E-state index in [-0.39, 0.29) is 18.2 Å². The topological polar surface area (TPSA) is 69.1 Å². The Morgan fingerprint density at radius 1 is 1.53 bits per heavy atom. The molecule has 80 valence electrons. The summed E-state index contributed by atoms with van der Waals surface area (Å²) in [6.07, 6.45) is 1.46. The molecule has 2 aromatic heterocycles. The van der Waals surface area contributed by atoms with Crippen LogP contribution in [0.3, 0.4) is 0 Å². The van der Waals surface area contributed by atoms with E-state index < -0.39 is 0 Å². The number of ketones is 1. The van der Waals surface area contributed by atoms with Gasteiger partial charge in [0.2, 0.25) is 0 Å². The normalized spacial score (nSPS) is 9.67. The van der Waals surface area contributed by atoms with Gasteiger partial charge in [0.1, 0.15) is 6.26 Å². The number of Topliss-reactive ketones (excluding diaryl/α,β-unsaturated/α-hetero) is 1. The molecule has 0 saturated heterocycles. The number of nitrogens with zero attached hydrogens (tertiary/aromatic N) is 1. The molecule has 0 unspecified atom stereocenters. The largest absolute Gasteiger partial charge is 0.391 e. The molecular formula is C9H9ClN2O2S. The Kier molecular flexibility index (Phi) is 3.49. The van der Waals surface area contributed by atoms with Crippen LogP contribution >= 0.6 is 23.7 Å². The molecule has 0 aromatic carbocycles. The highest BCUT2D eigenvalue weighted by Gasteiger charge is 2.15. The van der Waals surface area contributed by atoms with Crippen LogP contribution in [0.2, 0.25) is 0 Å². The van der Waals surface area contributed by atoms with Gasteiger partial charge in [-0.15, -0.1) is 23.7 Å². The fourth-order valence-electron chi connectivity index (χ4n) is 1.16. The lowest BCUT2D eigenvalue weighted by molar-refractivity contribution is 0.101. The average molecular weight is 245 g/mol. The van der Waals surface area contributed by atoms with Gasteiger partial charge >= 0.3 is 0 Å². The summed E-state index contributed by atoms with van der Waals surface area (Å²) in [7, 11) is 0. The second kappa shape index (κ2) is 4.46. The molecule has 0 fully saturated rings. The van der Waals surface area contributed by atoms with Crippen LogP contribution in [0.25, 0.3) is 10.4 Å². The van der Waals surface area contributed by atoms with E-state index in [2.05, 4.69) is 5.16 Å². The SMILES string of the molecule is CC(=O)c1nocc1-c1ccc(N)s1.Cl. The lowest BCUT2D eigenvalue weighted by Crippen LogP contribution is -1.93. The number of nitrogen functional groups attached to an aromatic ring is 1. The third-order valence-electron chi connectivity index (χ3n) is 1.80. The Labute approximate surface area is 96.5 Å². The minimum atomic E-state index is -0.110. The van der Waals surface area contributed by atoms with E-state index in [4.69, 9.17) is 10.3 Å². The minimum Gasteiger partial charge on any atom is -0.391 e. The van der Waals surface area contributed by atoms with E-state index in [9.17, 15) is 4.79 Å². The molecular weight excluding hydrogens is 236 g/mol. The first-order valence-corrected chi connectivity index (χ1v) is 4.81. The zero-order valence-electron chi connectivity index (χ0n) is 7.89. The number of anilines is 1. The molecule has 0 bridgehead atoms. The summed E-state index contributed by atoms with van der Waals surface area (Å²) in [5.41, 5.74) is 6.65. The van der Waals surface area contributed by atoms with Gasteiger partial charge in [-0.1, -0.05) is 5.16 Å². The molecule has 2 aromatic rings. The number of nitrogens with two attached hydrogens (primary N) is 1. The van der Waals surface area contributed by atoms with Crippen LogP contribution in [-0.2, 0) is 0 Å². The zero-order chi connectivity index (χ0) is 10.1. The summed E-state index contributed by atoms with van der Waals surface area (Å²) < 4.78 is 4.77. The van der Waals surface area contributed by atoms with Crippen molar-refractivity contribution in [2.45, 2.75) is 6.92 Å². The number of rotatable bonds is 2. The van der Waals surface area contributed by atoms with Gasteiger partial charge in [0, 0.05) is 11.8 Å². The van der Waals surface area contributed by atoms with E-state index in [0.29, 0.717) is 16.3 Å². The summed E-state index contributed by atoms with van der Waals surface area (Å²) in [6, 6.07) is 3.63. The van der Waals surface area contributed by atoms with Crippen molar-refractivity contribution in [3.05, 3.63) is 24.1 Å². The van der Waals surface area contributed by atoms with Gasteiger partial charge in [-0.05, 0) is 12.1 Å². The van der Waals surface area contributed by atoms with Gasteiger partial charge in [-0.25, -0.2) is 0 Å². The Morgan fingerprint density at radius 3 is 2.80 bits per heavy atom. The van der Waals surface area contributed by atoms with Crippen molar-refractivity contribution in [2.24, 2.45) is 0 Å². The Hall–Kier alpha value is -1.33. The first-order valence-electron chi connectivity index (χ1n) is 3.99. The lowest BCUT2D eigenvalue weighted by atomic mass is 10.2. The van der Waals surface area contributed by atoms with E-state index in [0.717, 1.165) is 4.88 Å². The molecule has 0 radical (unpaired) electrons. The minimum absolute atomic E-state index is 0. The number of carbonyl (C=O) groups is 1. The number of hydrogen-bond donors (Lipinski definition) is 1. The highest BCUT2D eigenvalue weighted by atomic mass is 35.5. The summed E-state index contributed by atoms with van der Waals surface area (Å²) in [4.78, 5) is 12.1. The fourth-order valence-corrected chi connectivity index (χ4v) is 1.94. The van der Waals surface area contributed by atoms with E-state index in [1.165, 1.54) is 24.5 Å². The quantitative estimate of drug-likeness (QED) is 0.825. The van der Waals surface area contributed by atoms with Crippen LogP contribution in [-0.4, -0.2) is 10.9 Å². The van der Waals surface area contributed by atoms with Crippen molar-refractivity contribution in [1.29, 1.82) is 0 Å². The Balaban J connectivity index is 0.00000112. The predicted octanol–water partition coefficient (Wildman–Crippen LogP) is 2.61. The molecule has 0 atom stereocenters. The van der Waals surface area contributed by atoms with Crippen LogP contribution in [0.4, 0.5) is 5.00 Å². The highest BCUT2D eigenvalue weighted by molar-refractivity contribution is 7.19. The smallest absolute Gasteiger partial charge is 0.182 e. The zero-order valence-corrected chi connectivity index (χ0v) is 9.52. The van der Waals surface area contributed by atoms with Gasteiger partial charge in [0.15, 0.2) is 11.5 Å². The maximum Gasteiger partial charge on any atom is 0.182 e. The summed E-state index contributed by atoms with van der Waals surface area (Å²) in [5.74, 6) is -0.110. The number of thiophene rings is 1. The van der Waals surface area contributed by atoms with Crippen molar-refractivity contribution in [3.63, 3.8) is 0 Å². The molecule has 15 heavy (non-hydrogen) atoms. The standard InChI is InChI=1S/C9H8N2O2S.ClH/c1-5(12)9-6(4-13-11-9)7-2-3-8(10)14-7;/h2-4H,10H2,1H3;1H. The Morgan fingerprint density at radius 2 is 2.27 bits per heavy atom. The molecule has 0 aliphatic rings. The molecule has 0 aliphatic heterocycles. The molecule has 2 N–H and O–H groups in total. The average Bonchev–Trinajstić information content (AvgIpc) is 2.70. The van der Waals surface area contributed by atoms with Crippen molar-refractivity contribution >= 4 is 34.5 Å². The first-order chi connectivity index (χ1) is 6.68. The van der Waals surface area contributed by atoms with Crippen molar-refractivity contribution in [3.8, 4) is 10.4 Å². The van der Waals surface area contributed by atoms with Crippen molar-refractivity contribution in [2.75, 3.05) is 5.73 Å². The van der Waals surface area contributed by atoms with Crippen LogP contribution in [0, 0.1) is 0 Å². The van der Waals surface area contributed by atoms with Gasteiger partial charge in [0.05, 0.1) is 10.6 Å². The third kappa shape index (κ3) is 2.19. The molecule has 6 heteroatoms. The number of aromatic nitrogens is 1. The van der Waals surface area contributed by atoms with Gasteiger partial charge in [-0.2, -0.15) is 0 Å². The lowest BCUT2D eigenvalue weighted by Gasteiger charge is -1.91. The molecule has 0 aliphatic carbocycles.